The number of benzene rings is 5. The Balaban J connectivity index is 1.16. The van der Waals surface area contributed by atoms with E-state index < -0.39 is 0 Å². The Kier molecular flexibility index (Phi) is 14.4. The third kappa shape index (κ3) is 10.6. The lowest BCUT2D eigenvalue weighted by atomic mass is 10.0. The number of unbranched alkanes of at least 4 members (excludes halogenated alkanes) is 6. The van der Waals surface area contributed by atoms with E-state index in [-0.39, 0.29) is 0 Å². The summed E-state index contributed by atoms with van der Waals surface area (Å²) in [6.45, 7) is 6.60. The second-order valence-electron chi connectivity index (χ2n) is 14.8. The van der Waals surface area contributed by atoms with E-state index in [1.807, 2.05) is 13.0 Å². The Hall–Kier alpha value is -5.58. The Morgan fingerprint density at radius 3 is 1.45 bits per heavy atom. The van der Waals surface area contributed by atoms with E-state index in [9.17, 15) is 0 Å². The van der Waals surface area contributed by atoms with E-state index >= 15 is 0 Å². The van der Waals surface area contributed by atoms with Gasteiger partial charge in [-0.05, 0) is 114 Å². The van der Waals surface area contributed by atoms with Crippen LogP contribution in [0.3, 0.4) is 0 Å². The minimum atomic E-state index is 0.627. The molecule has 0 radical (unpaired) electrons. The van der Waals surface area contributed by atoms with Crippen LogP contribution in [0, 0.1) is 12.3 Å². The lowest BCUT2D eigenvalue weighted by Crippen LogP contribution is -1.94. The molecule has 1 aromatic heterocycles. The minimum absolute atomic E-state index is 0.627. The maximum absolute atomic E-state index is 5.47. The molecule has 0 aliphatic heterocycles. The van der Waals surface area contributed by atoms with Crippen LogP contribution in [0.15, 0.2) is 127 Å². The fourth-order valence-electron chi connectivity index (χ4n) is 7.47. The lowest BCUT2D eigenvalue weighted by Gasteiger charge is -2.09. The molecule has 1 heteroatoms. The van der Waals surface area contributed by atoms with Gasteiger partial charge in [0.25, 0.3) is 0 Å². The van der Waals surface area contributed by atoms with E-state index in [0.717, 1.165) is 18.4 Å². The molecule has 0 saturated carbocycles. The highest BCUT2D eigenvalue weighted by Gasteiger charge is 2.14. The average molecular weight is 720 g/mol. The topological polar surface area (TPSA) is 4.93 Å². The van der Waals surface area contributed by atoms with Crippen molar-refractivity contribution in [2.24, 2.45) is 0 Å². The average Bonchev–Trinajstić information content (AvgIpc) is 3.55. The number of terminal acetylenes is 1. The van der Waals surface area contributed by atoms with E-state index in [1.54, 1.807) is 0 Å². The van der Waals surface area contributed by atoms with Gasteiger partial charge in [-0.15, -0.1) is 12.3 Å². The van der Waals surface area contributed by atoms with Crippen LogP contribution in [0.5, 0.6) is 0 Å². The maximum Gasteiger partial charge on any atom is 0.0541 e. The molecule has 0 aliphatic carbocycles. The number of aromatic nitrogens is 1. The molecule has 278 valence electrons. The second kappa shape index (κ2) is 20.2. The smallest absolute Gasteiger partial charge is 0.0541 e. The van der Waals surface area contributed by atoms with Crippen LogP contribution < -0.4 is 0 Å². The summed E-state index contributed by atoms with van der Waals surface area (Å²) in [4.78, 5) is 0. The molecule has 0 bridgehead atoms. The van der Waals surface area contributed by atoms with Crippen molar-refractivity contribution in [1.29, 1.82) is 0 Å². The van der Waals surface area contributed by atoms with Crippen molar-refractivity contribution in [3.63, 3.8) is 0 Å². The zero-order valence-electron chi connectivity index (χ0n) is 33.2. The zero-order chi connectivity index (χ0) is 38.2. The number of aryl methyl sites for hydroxylation is 2. The van der Waals surface area contributed by atoms with Gasteiger partial charge in [-0.2, -0.15) is 0 Å². The Morgan fingerprint density at radius 2 is 1.02 bits per heavy atom. The predicted molar refractivity (Wildman–Crippen MR) is 243 cm³/mol. The van der Waals surface area contributed by atoms with Crippen LogP contribution in [-0.2, 0) is 12.8 Å². The van der Waals surface area contributed by atoms with Crippen LogP contribution in [-0.4, -0.2) is 4.57 Å². The quantitative estimate of drug-likeness (QED) is 0.0361. The molecule has 6 rings (SSSR count). The van der Waals surface area contributed by atoms with Crippen LogP contribution in [0.1, 0.15) is 118 Å². The Labute approximate surface area is 330 Å². The summed E-state index contributed by atoms with van der Waals surface area (Å²) >= 11 is 0. The van der Waals surface area contributed by atoms with Gasteiger partial charge in [-0.1, -0.05) is 168 Å². The third-order valence-electron chi connectivity index (χ3n) is 10.6. The van der Waals surface area contributed by atoms with Crippen LogP contribution in [0.25, 0.3) is 57.4 Å². The Bertz CT molecular complexity index is 2230. The first-order valence-electron chi connectivity index (χ1n) is 20.6. The van der Waals surface area contributed by atoms with Crippen molar-refractivity contribution in [3.05, 3.63) is 166 Å². The molecule has 0 fully saturated rings. The predicted octanol–water partition coefficient (Wildman–Crippen LogP) is 15.4. The number of fused-ring (bicyclic) bond motifs is 3. The molecular weight excluding hydrogens is 663 g/mol. The summed E-state index contributed by atoms with van der Waals surface area (Å²) in [6.07, 6.45) is 33.7. The van der Waals surface area contributed by atoms with Gasteiger partial charge in [0.2, 0.25) is 0 Å². The van der Waals surface area contributed by atoms with Crippen molar-refractivity contribution in [2.75, 3.05) is 0 Å². The van der Waals surface area contributed by atoms with Gasteiger partial charge in [0.05, 0.1) is 11.0 Å². The number of rotatable bonds is 18. The van der Waals surface area contributed by atoms with E-state index in [4.69, 9.17) is 6.42 Å². The molecule has 0 aliphatic rings. The molecule has 1 heterocycles. The zero-order valence-corrected chi connectivity index (χ0v) is 33.2. The number of hydrogen-bond donors (Lipinski definition) is 0. The van der Waals surface area contributed by atoms with Crippen LogP contribution >= 0.6 is 0 Å². The van der Waals surface area contributed by atoms with Crippen molar-refractivity contribution < 1.29 is 0 Å². The summed E-state index contributed by atoms with van der Waals surface area (Å²) in [5, 5.41) is 2.75. The maximum atomic E-state index is 5.47. The van der Waals surface area contributed by atoms with Crippen LogP contribution in [0.4, 0.5) is 0 Å². The van der Waals surface area contributed by atoms with Gasteiger partial charge in [0.1, 0.15) is 0 Å². The molecule has 0 saturated heterocycles. The summed E-state index contributed by atoms with van der Waals surface area (Å²) in [7, 11) is 0. The summed E-state index contributed by atoms with van der Waals surface area (Å²) < 4.78 is 2.46. The molecule has 1 nitrogen and oxygen atoms in total. The van der Waals surface area contributed by atoms with E-state index in [2.05, 4.69) is 170 Å². The molecule has 0 spiro atoms. The van der Waals surface area contributed by atoms with E-state index in [1.165, 1.54) is 118 Å². The number of hydrogen-bond acceptors (Lipinski definition) is 0. The highest BCUT2D eigenvalue weighted by Crippen LogP contribution is 2.34. The molecule has 0 unspecified atom stereocenters. The van der Waals surface area contributed by atoms with E-state index in [0.29, 0.717) is 6.42 Å². The van der Waals surface area contributed by atoms with Crippen molar-refractivity contribution >= 4 is 51.7 Å². The highest BCUT2D eigenvalue weighted by atomic mass is 15.0. The second-order valence-corrected chi connectivity index (χ2v) is 14.8. The molecule has 55 heavy (non-hydrogen) atoms. The fraction of sp³-hybridized carbons (Fsp3) is 0.259. The van der Waals surface area contributed by atoms with Crippen molar-refractivity contribution in [2.45, 2.75) is 91.4 Å². The van der Waals surface area contributed by atoms with Gasteiger partial charge in [0.15, 0.2) is 0 Å². The highest BCUT2D eigenvalue weighted by molar-refractivity contribution is 6.09. The number of nitrogens with zero attached hydrogens (tertiary/aromatic N) is 1. The molecule has 0 amide bonds. The van der Waals surface area contributed by atoms with Gasteiger partial charge in [-0.25, -0.2) is 0 Å². The first-order chi connectivity index (χ1) is 27.1. The summed E-state index contributed by atoms with van der Waals surface area (Å²) in [5.74, 6) is 2.70. The van der Waals surface area contributed by atoms with Crippen molar-refractivity contribution in [3.8, 4) is 18.0 Å². The first-order valence-corrected chi connectivity index (χ1v) is 20.6. The van der Waals surface area contributed by atoms with Gasteiger partial charge < -0.3 is 4.57 Å². The molecule has 6 aromatic rings. The van der Waals surface area contributed by atoms with Crippen molar-refractivity contribution in [1.82, 2.24) is 4.57 Å². The molecule has 5 aromatic carbocycles. The lowest BCUT2D eigenvalue weighted by molar-refractivity contribution is 0.667. The Morgan fingerprint density at radius 1 is 0.564 bits per heavy atom. The SMILES string of the molecule is C#CC/C=C(\C=C/C)c1ccc(/C=C/c2ccc(/C=C/c3ccc(-n4c5ccc(CCCCCC)cc5c5cc(CCCCCC)ccc54)cc3)cc2)cc1. The van der Waals surface area contributed by atoms with Gasteiger partial charge in [-0.3, -0.25) is 0 Å². The largest absolute Gasteiger partial charge is 0.309 e. The monoisotopic (exact) mass is 719 g/mol. The first kappa shape index (κ1) is 39.1. The number of allylic oxidation sites excluding steroid dienone is 4. The fourth-order valence-corrected chi connectivity index (χ4v) is 7.47. The minimum Gasteiger partial charge on any atom is -0.309 e. The van der Waals surface area contributed by atoms with Gasteiger partial charge in [0, 0.05) is 22.9 Å². The molecular formula is C54H57N. The van der Waals surface area contributed by atoms with Crippen LogP contribution in [0.2, 0.25) is 0 Å². The molecule has 0 N–H and O–H groups in total. The molecule has 0 atom stereocenters. The normalized spacial score (nSPS) is 12.2. The summed E-state index contributed by atoms with van der Waals surface area (Å²) in [6, 6.07) is 40.7. The standard InChI is InChI=1S/C54H57N/c1-5-9-12-14-17-46-32-38-53-51(40-46)52-41-47(18-15-13-10-6-2)33-39-54(52)55(53)50-36-30-45(31-37-50)27-25-43-22-20-42(21-23-43)24-26-44-28-34-49(35-29-44)48(16-8-4)19-11-7-3/h3,8,16,19-41H,5-6,9-15,17-18H2,1-2,4H3/b16-8-,26-24+,27-25+,48-19+. The van der Waals surface area contributed by atoms with Gasteiger partial charge >= 0.3 is 0 Å². The third-order valence-corrected chi connectivity index (χ3v) is 10.6. The summed E-state index contributed by atoms with van der Waals surface area (Å²) in [5.41, 5.74) is 13.7.